The first kappa shape index (κ1) is 14.4. The summed E-state index contributed by atoms with van der Waals surface area (Å²) in [5, 5.41) is 20.0. The topological polar surface area (TPSA) is 118 Å². The van der Waals surface area contributed by atoms with E-state index >= 15 is 0 Å². The number of nitrogens with zero attached hydrogens (tertiary/aromatic N) is 2. The molecule has 0 unspecified atom stereocenters. The molecule has 0 spiro atoms. The van der Waals surface area contributed by atoms with Crippen molar-refractivity contribution in [2.75, 3.05) is 5.32 Å². The van der Waals surface area contributed by atoms with Crippen LogP contribution >= 0.6 is 0 Å². The standard InChI is InChI=1S/C15H10N4O4/c20-13-11-6-1-2-7-12(11)17-18-14(13)16-15(21)9-4-3-5-10(8-9)19(22)23/h1-8H,(H,17,20)(H,16,18,21). The predicted molar refractivity (Wildman–Crippen MR) is 83.4 cm³/mol. The number of aromatic nitrogens is 2. The molecule has 0 aliphatic rings. The molecule has 0 radical (unpaired) electrons. The number of amides is 1. The predicted octanol–water partition coefficient (Wildman–Crippen LogP) is 2.08. The van der Waals surface area contributed by atoms with E-state index in [0.29, 0.717) is 10.9 Å². The van der Waals surface area contributed by atoms with Crippen molar-refractivity contribution in [2.24, 2.45) is 0 Å². The molecule has 3 rings (SSSR count). The lowest BCUT2D eigenvalue weighted by atomic mass is 10.2. The van der Waals surface area contributed by atoms with Gasteiger partial charge in [0.25, 0.3) is 11.6 Å². The van der Waals surface area contributed by atoms with Crippen molar-refractivity contribution in [3.63, 3.8) is 0 Å². The Balaban J connectivity index is 1.94. The zero-order valence-electron chi connectivity index (χ0n) is 11.6. The van der Waals surface area contributed by atoms with E-state index in [1.54, 1.807) is 24.3 Å². The highest BCUT2D eigenvalue weighted by atomic mass is 16.6. The van der Waals surface area contributed by atoms with Crippen molar-refractivity contribution in [3.05, 3.63) is 74.4 Å². The number of fused-ring (bicyclic) bond motifs is 1. The Labute approximate surface area is 128 Å². The molecule has 0 bridgehead atoms. The van der Waals surface area contributed by atoms with E-state index in [-0.39, 0.29) is 17.1 Å². The second-order valence-corrected chi connectivity index (χ2v) is 4.71. The maximum Gasteiger partial charge on any atom is 0.270 e. The number of carbonyl (C=O) groups is 1. The Kier molecular flexibility index (Phi) is 3.55. The molecule has 8 heteroatoms. The Morgan fingerprint density at radius 1 is 1.17 bits per heavy atom. The number of anilines is 1. The van der Waals surface area contributed by atoms with Crippen molar-refractivity contribution in [1.82, 2.24) is 10.2 Å². The van der Waals surface area contributed by atoms with Gasteiger partial charge in [0.2, 0.25) is 11.2 Å². The van der Waals surface area contributed by atoms with Crippen LogP contribution in [0.5, 0.6) is 0 Å². The summed E-state index contributed by atoms with van der Waals surface area (Å²) < 4.78 is 0. The number of carbonyl (C=O) groups excluding carboxylic acids is 1. The number of para-hydroxylation sites is 1. The average Bonchev–Trinajstić information content (AvgIpc) is 2.57. The minimum absolute atomic E-state index is 0.0635. The molecule has 0 atom stereocenters. The lowest BCUT2D eigenvalue weighted by Crippen LogP contribution is -2.20. The van der Waals surface area contributed by atoms with E-state index in [1.807, 2.05) is 0 Å². The number of nitro benzene ring substituents is 1. The van der Waals surface area contributed by atoms with Crippen molar-refractivity contribution < 1.29 is 9.72 Å². The first-order valence-corrected chi connectivity index (χ1v) is 6.59. The molecule has 0 aliphatic heterocycles. The number of rotatable bonds is 3. The highest BCUT2D eigenvalue weighted by molar-refractivity contribution is 6.04. The molecule has 8 nitrogen and oxygen atoms in total. The molecule has 0 saturated heterocycles. The lowest BCUT2D eigenvalue weighted by Gasteiger charge is -2.05. The van der Waals surface area contributed by atoms with E-state index in [9.17, 15) is 19.7 Å². The Morgan fingerprint density at radius 2 is 1.96 bits per heavy atom. The maximum absolute atomic E-state index is 12.3. The van der Waals surface area contributed by atoms with Gasteiger partial charge in [-0.2, -0.15) is 5.10 Å². The summed E-state index contributed by atoms with van der Waals surface area (Å²) in [5.41, 5.74) is -0.0319. The van der Waals surface area contributed by atoms with Gasteiger partial charge in [0.1, 0.15) is 0 Å². The fourth-order valence-corrected chi connectivity index (χ4v) is 2.10. The van der Waals surface area contributed by atoms with Gasteiger partial charge in [-0.15, -0.1) is 0 Å². The van der Waals surface area contributed by atoms with Crippen LogP contribution in [0.3, 0.4) is 0 Å². The molecule has 1 heterocycles. The molecule has 0 aliphatic carbocycles. The van der Waals surface area contributed by atoms with Gasteiger partial charge in [-0.25, -0.2) is 0 Å². The van der Waals surface area contributed by atoms with Crippen LogP contribution in [0.15, 0.2) is 53.3 Å². The van der Waals surface area contributed by atoms with Gasteiger partial charge in [0.15, 0.2) is 0 Å². The molecular weight excluding hydrogens is 300 g/mol. The van der Waals surface area contributed by atoms with Gasteiger partial charge in [-0.3, -0.25) is 24.8 Å². The largest absolute Gasteiger partial charge is 0.302 e. The first-order valence-electron chi connectivity index (χ1n) is 6.59. The third-order valence-electron chi connectivity index (χ3n) is 3.23. The molecule has 0 saturated carbocycles. The van der Waals surface area contributed by atoms with Crippen LogP contribution in [0.1, 0.15) is 10.4 Å². The summed E-state index contributed by atoms with van der Waals surface area (Å²) in [6.45, 7) is 0. The summed E-state index contributed by atoms with van der Waals surface area (Å²) in [5.74, 6) is -0.817. The van der Waals surface area contributed by atoms with E-state index in [1.165, 1.54) is 18.2 Å². The van der Waals surface area contributed by atoms with Crippen LogP contribution in [-0.2, 0) is 0 Å². The number of non-ortho nitro benzene ring substituents is 1. The Bertz CT molecular complexity index is 980. The normalized spacial score (nSPS) is 10.4. The number of hydrogen-bond acceptors (Lipinski definition) is 5. The molecule has 3 aromatic rings. The third-order valence-corrected chi connectivity index (χ3v) is 3.23. The Morgan fingerprint density at radius 3 is 2.74 bits per heavy atom. The van der Waals surface area contributed by atoms with E-state index < -0.39 is 16.3 Å². The number of hydrogen-bond donors (Lipinski definition) is 2. The van der Waals surface area contributed by atoms with Crippen LogP contribution in [0.25, 0.3) is 10.9 Å². The number of aromatic amines is 1. The molecule has 114 valence electrons. The van der Waals surface area contributed by atoms with Crippen molar-refractivity contribution in [2.45, 2.75) is 0 Å². The maximum atomic E-state index is 12.3. The van der Waals surface area contributed by atoms with E-state index in [4.69, 9.17) is 0 Å². The first-order chi connectivity index (χ1) is 11.1. The zero-order valence-corrected chi connectivity index (χ0v) is 11.6. The van der Waals surface area contributed by atoms with E-state index in [2.05, 4.69) is 15.5 Å². The minimum atomic E-state index is -0.651. The monoisotopic (exact) mass is 310 g/mol. The van der Waals surface area contributed by atoms with Crippen molar-refractivity contribution in [1.29, 1.82) is 0 Å². The average molecular weight is 310 g/mol. The van der Waals surface area contributed by atoms with E-state index in [0.717, 1.165) is 6.07 Å². The van der Waals surface area contributed by atoms with Crippen molar-refractivity contribution >= 4 is 28.3 Å². The number of nitrogens with one attached hydrogen (secondary N) is 2. The van der Waals surface area contributed by atoms with Gasteiger partial charge >= 0.3 is 0 Å². The highest BCUT2D eigenvalue weighted by Crippen LogP contribution is 2.14. The van der Waals surface area contributed by atoms with Gasteiger partial charge in [0, 0.05) is 17.7 Å². The molecule has 2 aromatic carbocycles. The fourth-order valence-electron chi connectivity index (χ4n) is 2.10. The second kappa shape index (κ2) is 5.68. The van der Waals surface area contributed by atoms with Gasteiger partial charge in [0.05, 0.1) is 15.8 Å². The summed E-state index contributed by atoms with van der Waals surface area (Å²) in [6.07, 6.45) is 0. The number of benzene rings is 2. The summed E-state index contributed by atoms with van der Waals surface area (Å²) in [4.78, 5) is 34.6. The summed E-state index contributed by atoms with van der Waals surface area (Å²) in [7, 11) is 0. The molecular formula is C15H10N4O4. The van der Waals surface area contributed by atoms with Gasteiger partial charge < -0.3 is 5.32 Å². The zero-order chi connectivity index (χ0) is 16.4. The fraction of sp³-hybridized carbons (Fsp3) is 0. The molecule has 2 N–H and O–H groups in total. The van der Waals surface area contributed by atoms with Crippen molar-refractivity contribution in [3.8, 4) is 0 Å². The molecule has 1 amide bonds. The number of H-pyrrole nitrogens is 1. The van der Waals surface area contributed by atoms with Crippen LogP contribution in [0.2, 0.25) is 0 Å². The summed E-state index contributed by atoms with van der Waals surface area (Å²) in [6, 6.07) is 12.0. The Hall–Kier alpha value is -3.55. The van der Waals surface area contributed by atoms with Gasteiger partial charge in [-0.1, -0.05) is 18.2 Å². The summed E-state index contributed by atoms with van der Waals surface area (Å²) >= 11 is 0. The number of nitro groups is 1. The molecule has 1 aromatic heterocycles. The molecule has 0 fully saturated rings. The second-order valence-electron chi connectivity index (χ2n) is 4.71. The van der Waals surface area contributed by atoms with Crippen LogP contribution in [0, 0.1) is 10.1 Å². The van der Waals surface area contributed by atoms with Crippen LogP contribution < -0.4 is 10.7 Å². The SMILES string of the molecule is O=C(Nc1n[nH]c2ccccc2c1=O)c1cccc([N+](=O)[O-])c1. The molecule has 23 heavy (non-hydrogen) atoms. The quantitative estimate of drug-likeness (QED) is 0.567. The van der Waals surface area contributed by atoms with Crippen LogP contribution in [-0.4, -0.2) is 21.0 Å². The van der Waals surface area contributed by atoms with Gasteiger partial charge in [-0.05, 0) is 18.2 Å². The third kappa shape index (κ3) is 2.77. The highest BCUT2D eigenvalue weighted by Gasteiger charge is 2.14. The smallest absolute Gasteiger partial charge is 0.270 e. The lowest BCUT2D eigenvalue weighted by molar-refractivity contribution is -0.384. The van der Waals surface area contributed by atoms with Crippen LogP contribution in [0.4, 0.5) is 11.5 Å². The minimum Gasteiger partial charge on any atom is -0.302 e.